The molecule has 0 saturated heterocycles. The lowest BCUT2D eigenvalue weighted by Crippen LogP contribution is -2.48. The summed E-state index contributed by atoms with van der Waals surface area (Å²) in [6.45, 7) is 1.63. The molecule has 134 valence electrons. The highest BCUT2D eigenvalue weighted by Crippen LogP contribution is 2.40. The maximum Gasteiger partial charge on any atom is 0.326 e. The van der Waals surface area contributed by atoms with Crippen LogP contribution in [-0.4, -0.2) is 27.9 Å². The zero-order valence-corrected chi connectivity index (χ0v) is 13.6. The number of carboxylic acid groups (broad SMARTS) is 1. The van der Waals surface area contributed by atoms with Crippen molar-refractivity contribution in [3.05, 3.63) is 58.2 Å². The molecule has 9 heteroatoms. The Morgan fingerprint density at radius 2 is 2.19 bits per heavy atom. The molecule has 1 unspecified atom stereocenters. The van der Waals surface area contributed by atoms with Gasteiger partial charge in [-0.3, -0.25) is 19.8 Å². The number of amides is 1. The van der Waals surface area contributed by atoms with Gasteiger partial charge in [0.1, 0.15) is 11.8 Å². The normalized spacial score (nSPS) is 16.1. The Morgan fingerprint density at radius 1 is 1.42 bits per heavy atom. The molecule has 0 fully saturated rings. The number of anilines is 1. The number of furan rings is 1. The van der Waals surface area contributed by atoms with Crippen LogP contribution in [0.1, 0.15) is 19.1 Å². The van der Waals surface area contributed by atoms with Crippen LogP contribution >= 0.6 is 0 Å². The fraction of sp³-hybridized carbons (Fsp3) is 0.176. The highest BCUT2D eigenvalue weighted by atomic mass is 16.6. The number of carboxylic acids is 1. The monoisotopic (exact) mass is 358 g/mol. The number of carbonyl (C=O) groups excluding carboxylic acids is 1. The third-order valence-corrected chi connectivity index (χ3v) is 3.86. The van der Waals surface area contributed by atoms with Crippen molar-refractivity contribution < 1.29 is 28.8 Å². The van der Waals surface area contributed by atoms with Crippen molar-refractivity contribution in [2.24, 2.45) is 0 Å². The van der Waals surface area contributed by atoms with Crippen molar-refractivity contribution >= 4 is 29.3 Å². The molecule has 1 atom stereocenters. The summed E-state index contributed by atoms with van der Waals surface area (Å²) in [5.74, 6) is -1.70. The third-order valence-electron chi connectivity index (χ3n) is 3.86. The molecule has 1 aliphatic heterocycles. The van der Waals surface area contributed by atoms with Crippen molar-refractivity contribution in [3.8, 4) is 5.75 Å². The van der Waals surface area contributed by atoms with E-state index in [1.54, 1.807) is 19.1 Å². The zero-order chi connectivity index (χ0) is 18.8. The van der Waals surface area contributed by atoms with Gasteiger partial charge in [-0.05, 0) is 24.6 Å². The number of nitrogens with zero attached hydrogens (tertiary/aromatic N) is 2. The Kier molecular flexibility index (Phi) is 4.44. The summed E-state index contributed by atoms with van der Waals surface area (Å²) in [5.41, 5.74) is -0.0785. The molecule has 1 aliphatic rings. The Balaban J connectivity index is 2.15. The highest BCUT2D eigenvalue weighted by molar-refractivity contribution is 6.12. The number of benzene rings is 1. The van der Waals surface area contributed by atoms with E-state index < -0.39 is 22.8 Å². The molecule has 0 spiro atoms. The molecule has 3 rings (SSSR count). The van der Waals surface area contributed by atoms with E-state index in [1.807, 2.05) is 0 Å². The first-order valence-corrected chi connectivity index (χ1v) is 7.70. The third kappa shape index (κ3) is 3.02. The first kappa shape index (κ1) is 17.2. The maximum atomic E-state index is 12.8. The lowest BCUT2D eigenvalue weighted by molar-refractivity contribution is -0.384. The van der Waals surface area contributed by atoms with Crippen LogP contribution in [0.25, 0.3) is 6.08 Å². The predicted molar refractivity (Wildman–Crippen MR) is 89.6 cm³/mol. The second-order valence-corrected chi connectivity index (χ2v) is 5.47. The van der Waals surface area contributed by atoms with Crippen molar-refractivity contribution in [3.63, 3.8) is 0 Å². The van der Waals surface area contributed by atoms with Crippen LogP contribution in [0.4, 0.5) is 11.4 Å². The number of ether oxygens (including phenoxy) is 1. The minimum atomic E-state index is -1.19. The fourth-order valence-corrected chi connectivity index (χ4v) is 2.66. The van der Waals surface area contributed by atoms with Gasteiger partial charge in [-0.1, -0.05) is 6.92 Å². The smallest absolute Gasteiger partial charge is 0.326 e. The van der Waals surface area contributed by atoms with Crippen LogP contribution in [0, 0.1) is 10.1 Å². The molecule has 26 heavy (non-hydrogen) atoms. The largest absolute Gasteiger partial charge is 0.480 e. The summed E-state index contributed by atoms with van der Waals surface area (Å²) in [5, 5.41) is 20.5. The lowest BCUT2D eigenvalue weighted by Gasteiger charge is -2.33. The van der Waals surface area contributed by atoms with E-state index in [4.69, 9.17) is 9.15 Å². The molecular weight excluding hydrogens is 344 g/mol. The van der Waals surface area contributed by atoms with Gasteiger partial charge in [0, 0.05) is 12.1 Å². The Morgan fingerprint density at radius 3 is 2.77 bits per heavy atom. The van der Waals surface area contributed by atoms with E-state index in [9.17, 15) is 24.8 Å². The molecule has 1 N–H and O–H groups in total. The van der Waals surface area contributed by atoms with E-state index in [2.05, 4.69) is 0 Å². The SMILES string of the molecule is CCC(C(=O)O)N1C(=O)/C(=C\c2ccco2)Oc2cc([N+](=O)[O-])ccc21. The molecule has 2 heterocycles. The number of non-ortho nitro benzene ring substituents is 1. The Bertz CT molecular complexity index is 902. The second-order valence-electron chi connectivity index (χ2n) is 5.47. The zero-order valence-electron chi connectivity index (χ0n) is 13.6. The summed E-state index contributed by atoms with van der Waals surface area (Å²) in [4.78, 5) is 35.9. The Labute approximate surface area is 147 Å². The molecule has 0 radical (unpaired) electrons. The number of hydrogen-bond donors (Lipinski definition) is 1. The van der Waals surface area contributed by atoms with E-state index in [1.165, 1.54) is 24.5 Å². The molecule has 1 amide bonds. The van der Waals surface area contributed by atoms with E-state index in [0.717, 1.165) is 11.0 Å². The summed E-state index contributed by atoms with van der Waals surface area (Å²) in [6.07, 6.45) is 2.86. The summed E-state index contributed by atoms with van der Waals surface area (Å²) in [7, 11) is 0. The highest BCUT2D eigenvalue weighted by Gasteiger charge is 2.38. The number of aliphatic carboxylic acids is 1. The number of rotatable bonds is 5. The van der Waals surface area contributed by atoms with Crippen LogP contribution < -0.4 is 9.64 Å². The molecule has 2 aromatic rings. The quantitative estimate of drug-likeness (QED) is 0.495. The van der Waals surface area contributed by atoms with E-state index in [-0.39, 0.29) is 29.3 Å². The van der Waals surface area contributed by atoms with Crippen LogP contribution in [0.5, 0.6) is 5.75 Å². The Hall–Kier alpha value is -3.62. The average molecular weight is 358 g/mol. The van der Waals surface area contributed by atoms with Crippen molar-refractivity contribution in [2.45, 2.75) is 19.4 Å². The molecular formula is C17H14N2O7. The van der Waals surface area contributed by atoms with Gasteiger partial charge in [0.25, 0.3) is 11.6 Å². The molecule has 0 bridgehead atoms. The number of fused-ring (bicyclic) bond motifs is 1. The van der Waals surface area contributed by atoms with Crippen LogP contribution in [0.15, 0.2) is 46.8 Å². The fourth-order valence-electron chi connectivity index (χ4n) is 2.66. The molecule has 0 aliphatic carbocycles. The maximum absolute atomic E-state index is 12.8. The van der Waals surface area contributed by atoms with Gasteiger partial charge in [0.05, 0.1) is 22.9 Å². The summed E-state index contributed by atoms with van der Waals surface area (Å²) in [6, 6.07) is 5.71. The van der Waals surface area contributed by atoms with Gasteiger partial charge in [0.15, 0.2) is 11.5 Å². The van der Waals surface area contributed by atoms with Gasteiger partial charge in [-0.25, -0.2) is 4.79 Å². The number of carbonyl (C=O) groups is 2. The second kappa shape index (κ2) is 6.71. The topological polar surface area (TPSA) is 123 Å². The predicted octanol–water partition coefficient (Wildman–Crippen LogP) is 2.82. The van der Waals surface area contributed by atoms with Gasteiger partial charge >= 0.3 is 5.97 Å². The van der Waals surface area contributed by atoms with Gasteiger partial charge in [-0.2, -0.15) is 0 Å². The van der Waals surface area contributed by atoms with Gasteiger partial charge in [0.2, 0.25) is 0 Å². The molecule has 1 aromatic carbocycles. The number of hydrogen-bond acceptors (Lipinski definition) is 6. The van der Waals surface area contributed by atoms with Gasteiger partial charge < -0.3 is 14.3 Å². The van der Waals surface area contributed by atoms with Crippen LogP contribution in [0.2, 0.25) is 0 Å². The average Bonchev–Trinajstić information content (AvgIpc) is 3.10. The van der Waals surface area contributed by atoms with Crippen LogP contribution in [0.3, 0.4) is 0 Å². The number of nitro benzene ring substituents is 1. The first-order chi connectivity index (χ1) is 12.4. The first-order valence-electron chi connectivity index (χ1n) is 7.70. The lowest BCUT2D eigenvalue weighted by atomic mass is 10.1. The molecule has 9 nitrogen and oxygen atoms in total. The minimum absolute atomic E-state index is 0.0244. The van der Waals surface area contributed by atoms with Crippen LogP contribution in [-0.2, 0) is 9.59 Å². The molecule has 1 aromatic heterocycles. The van der Waals surface area contributed by atoms with E-state index in [0.29, 0.717) is 5.76 Å². The van der Waals surface area contributed by atoms with Crippen molar-refractivity contribution in [2.75, 3.05) is 4.90 Å². The minimum Gasteiger partial charge on any atom is -0.480 e. The van der Waals surface area contributed by atoms with E-state index >= 15 is 0 Å². The summed E-state index contributed by atoms with van der Waals surface area (Å²) >= 11 is 0. The van der Waals surface area contributed by atoms with Crippen molar-refractivity contribution in [1.29, 1.82) is 0 Å². The van der Waals surface area contributed by atoms with Crippen molar-refractivity contribution in [1.82, 2.24) is 0 Å². The standard InChI is InChI=1S/C17H14N2O7/c1-2-12(17(21)22)18-13-6-5-10(19(23)24)8-14(13)26-15(16(18)20)9-11-4-3-7-25-11/h3-9,12H,2H2,1H3,(H,21,22)/b15-9+. The number of nitro groups is 1. The summed E-state index contributed by atoms with van der Waals surface area (Å²) < 4.78 is 10.7. The van der Waals surface area contributed by atoms with Gasteiger partial charge in [-0.15, -0.1) is 0 Å². The molecule has 0 saturated carbocycles.